The second-order valence-corrected chi connectivity index (χ2v) is 22.7. The highest BCUT2D eigenvalue weighted by Crippen LogP contribution is 2.15. The van der Waals surface area contributed by atoms with Crippen LogP contribution in [0, 0.1) is 0 Å². The van der Waals surface area contributed by atoms with E-state index >= 15 is 0 Å². The summed E-state index contributed by atoms with van der Waals surface area (Å²) < 4.78 is 0. The fourth-order valence-electron chi connectivity index (χ4n) is 10.1. The minimum atomic E-state index is 0.0437. The van der Waals surface area contributed by atoms with E-state index in [1.807, 2.05) is 0 Å². The minimum absolute atomic E-state index is 0.0437. The molecule has 12 heteroatoms. The molecule has 0 bridgehead atoms. The molecule has 77 heavy (non-hydrogen) atoms. The van der Waals surface area contributed by atoms with Crippen LogP contribution in [0.25, 0.3) is 0 Å². The SMILES string of the molecule is CCCCCCCCCCCCCCNC(=O)CCN(CCO)CCCCCC.CCCCCCCCCCCCCCNC(=O)CCN(CCO)CCN(CCO)CCC(=O)NCCCCCCCCCCCCCC. The third-order valence-corrected chi connectivity index (χ3v) is 15.3. The van der Waals surface area contributed by atoms with Crippen molar-refractivity contribution in [3.8, 4) is 0 Å². The maximum Gasteiger partial charge on any atom is 0.221 e. The van der Waals surface area contributed by atoms with Crippen LogP contribution in [0.2, 0.25) is 0 Å². The van der Waals surface area contributed by atoms with Gasteiger partial charge in [-0.25, -0.2) is 0 Å². The molecule has 0 aliphatic heterocycles. The van der Waals surface area contributed by atoms with Crippen molar-refractivity contribution >= 4 is 17.7 Å². The average Bonchev–Trinajstić information content (AvgIpc) is 3.43. The zero-order valence-electron chi connectivity index (χ0n) is 51.9. The lowest BCUT2D eigenvalue weighted by Gasteiger charge is -2.26. The molecule has 12 nitrogen and oxygen atoms in total. The number of hydrogen-bond donors (Lipinski definition) is 6. The molecule has 460 valence electrons. The van der Waals surface area contributed by atoms with Gasteiger partial charge in [0.2, 0.25) is 17.7 Å². The molecule has 3 amide bonds. The largest absolute Gasteiger partial charge is 0.395 e. The predicted molar refractivity (Wildman–Crippen MR) is 331 cm³/mol. The summed E-state index contributed by atoms with van der Waals surface area (Å²) in [6.07, 6.45) is 53.8. The molecule has 0 spiro atoms. The second-order valence-electron chi connectivity index (χ2n) is 22.7. The number of aliphatic hydroxyl groups excluding tert-OH is 3. The van der Waals surface area contributed by atoms with Crippen molar-refractivity contribution in [2.75, 3.05) is 98.4 Å². The van der Waals surface area contributed by atoms with Crippen LogP contribution in [-0.2, 0) is 14.4 Å². The van der Waals surface area contributed by atoms with E-state index in [0.29, 0.717) is 65.1 Å². The van der Waals surface area contributed by atoms with Crippen molar-refractivity contribution < 1.29 is 29.7 Å². The molecule has 0 fully saturated rings. The first kappa shape index (κ1) is 77.2. The van der Waals surface area contributed by atoms with Crippen LogP contribution in [-0.4, -0.2) is 146 Å². The summed E-state index contributed by atoms with van der Waals surface area (Å²) in [6, 6.07) is 0. The van der Waals surface area contributed by atoms with E-state index in [4.69, 9.17) is 0 Å². The highest BCUT2D eigenvalue weighted by Gasteiger charge is 2.13. The van der Waals surface area contributed by atoms with Crippen molar-refractivity contribution in [1.82, 2.24) is 30.7 Å². The number of unbranched alkanes of at least 4 members (excludes halogenated alkanes) is 36. The van der Waals surface area contributed by atoms with Crippen LogP contribution >= 0.6 is 0 Å². The fraction of sp³-hybridized carbons (Fsp3) is 0.954. The molecule has 0 aromatic carbocycles. The predicted octanol–water partition coefficient (Wildman–Crippen LogP) is 14.1. The molecule has 0 saturated heterocycles. The Balaban J connectivity index is 0. The van der Waals surface area contributed by atoms with Gasteiger partial charge in [0.25, 0.3) is 0 Å². The van der Waals surface area contributed by atoms with Crippen LogP contribution in [0.3, 0.4) is 0 Å². The van der Waals surface area contributed by atoms with Crippen molar-refractivity contribution in [3.63, 3.8) is 0 Å². The lowest BCUT2D eigenvalue weighted by atomic mass is 10.1. The molecular formula is C65H134N6O6. The maximum absolute atomic E-state index is 12.4. The van der Waals surface area contributed by atoms with Crippen LogP contribution in [0.1, 0.15) is 304 Å². The molecule has 0 aliphatic rings. The van der Waals surface area contributed by atoms with E-state index in [-0.39, 0.29) is 37.5 Å². The first-order valence-electron chi connectivity index (χ1n) is 33.6. The van der Waals surface area contributed by atoms with Crippen molar-refractivity contribution in [2.45, 2.75) is 304 Å². The van der Waals surface area contributed by atoms with Gasteiger partial charge in [-0.2, -0.15) is 0 Å². The Kier molecular flexibility index (Phi) is 66.9. The molecular weight excluding hydrogens is 961 g/mol. The summed E-state index contributed by atoms with van der Waals surface area (Å²) in [5.41, 5.74) is 0. The van der Waals surface area contributed by atoms with Gasteiger partial charge < -0.3 is 36.2 Å². The Morgan fingerprint density at radius 1 is 0.247 bits per heavy atom. The fourth-order valence-corrected chi connectivity index (χ4v) is 10.1. The molecule has 0 aliphatic carbocycles. The zero-order valence-corrected chi connectivity index (χ0v) is 51.9. The highest BCUT2D eigenvalue weighted by atomic mass is 16.3. The summed E-state index contributed by atoms with van der Waals surface area (Å²) >= 11 is 0. The lowest BCUT2D eigenvalue weighted by Crippen LogP contribution is -2.40. The van der Waals surface area contributed by atoms with E-state index in [1.165, 1.54) is 231 Å². The molecule has 0 unspecified atom stereocenters. The van der Waals surface area contributed by atoms with Gasteiger partial charge >= 0.3 is 0 Å². The number of carbonyl (C=O) groups is 3. The Hall–Kier alpha value is -1.83. The third-order valence-electron chi connectivity index (χ3n) is 15.3. The van der Waals surface area contributed by atoms with Gasteiger partial charge in [0.05, 0.1) is 19.8 Å². The molecule has 0 heterocycles. The summed E-state index contributed by atoms with van der Waals surface area (Å²) in [7, 11) is 0. The van der Waals surface area contributed by atoms with Crippen LogP contribution in [0.5, 0.6) is 0 Å². The number of nitrogens with one attached hydrogen (secondary N) is 3. The van der Waals surface area contributed by atoms with Gasteiger partial charge in [-0.15, -0.1) is 0 Å². The highest BCUT2D eigenvalue weighted by molar-refractivity contribution is 5.76. The molecule has 0 radical (unpaired) electrons. The average molecular weight is 1100 g/mol. The van der Waals surface area contributed by atoms with Crippen molar-refractivity contribution in [1.29, 1.82) is 0 Å². The van der Waals surface area contributed by atoms with Gasteiger partial charge in [-0.1, -0.05) is 259 Å². The smallest absolute Gasteiger partial charge is 0.221 e. The van der Waals surface area contributed by atoms with Crippen LogP contribution in [0.15, 0.2) is 0 Å². The van der Waals surface area contributed by atoms with E-state index in [2.05, 4.69) is 58.3 Å². The number of rotatable bonds is 62. The summed E-state index contributed by atoms with van der Waals surface area (Å²) in [5.74, 6) is 0.292. The van der Waals surface area contributed by atoms with Gasteiger partial charge in [0.15, 0.2) is 0 Å². The van der Waals surface area contributed by atoms with Crippen molar-refractivity contribution in [2.24, 2.45) is 0 Å². The van der Waals surface area contributed by atoms with Crippen LogP contribution < -0.4 is 16.0 Å². The Bertz CT molecular complexity index is 1130. The molecule has 0 aromatic rings. The maximum atomic E-state index is 12.4. The number of amides is 3. The third kappa shape index (κ3) is 63.2. The zero-order chi connectivity index (χ0) is 56.6. The normalized spacial score (nSPS) is 11.5. The summed E-state index contributed by atoms with van der Waals surface area (Å²) in [4.78, 5) is 43.3. The number of hydrogen-bond acceptors (Lipinski definition) is 9. The standard InChI is InChI=1S/C40H82N4O4.C25H52N2O2/c1-3-5-7-9-11-13-15-17-19-21-23-25-29-41-39(47)27-31-43(35-37-45)33-34-44(36-38-46)32-28-40(48)42-30-26-24-22-20-18-16-14-12-10-8-6-4-2;1-3-5-7-9-10-11-12-13-14-15-16-17-20-26-25(29)19-22-27(23-24-28)21-18-8-6-4-2/h45-46H,3-38H2,1-2H3,(H,41,47)(H,42,48);28H,3-24H2,1-2H3,(H,26,29). The van der Waals surface area contributed by atoms with Crippen LogP contribution in [0.4, 0.5) is 0 Å². The van der Waals surface area contributed by atoms with E-state index in [1.54, 1.807) is 0 Å². The quantitative estimate of drug-likeness (QED) is 0.0326. The number of aliphatic hydroxyl groups is 3. The number of carbonyl (C=O) groups excluding carboxylic acids is 3. The monoisotopic (exact) mass is 1100 g/mol. The van der Waals surface area contributed by atoms with Gasteiger partial charge in [0, 0.05) is 91.3 Å². The first-order chi connectivity index (χ1) is 37.8. The van der Waals surface area contributed by atoms with Gasteiger partial charge in [0.1, 0.15) is 0 Å². The first-order valence-corrected chi connectivity index (χ1v) is 33.6. The Morgan fingerprint density at radius 2 is 0.442 bits per heavy atom. The minimum Gasteiger partial charge on any atom is -0.395 e. The van der Waals surface area contributed by atoms with E-state index < -0.39 is 0 Å². The van der Waals surface area contributed by atoms with Gasteiger partial charge in [-0.05, 0) is 32.2 Å². The van der Waals surface area contributed by atoms with E-state index in [0.717, 1.165) is 58.4 Å². The van der Waals surface area contributed by atoms with E-state index in [9.17, 15) is 29.7 Å². The van der Waals surface area contributed by atoms with Gasteiger partial charge in [-0.3, -0.25) is 24.2 Å². The molecule has 0 saturated carbocycles. The molecule has 0 aromatic heterocycles. The summed E-state index contributed by atoms with van der Waals surface area (Å²) in [5, 5.41) is 37.5. The summed E-state index contributed by atoms with van der Waals surface area (Å²) in [6.45, 7) is 17.6. The molecule has 0 rings (SSSR count). The lowest BCUT2D eigenvalue weighted by molar-refractivity contribution is -0.122. The topological polar surface area (TPSA) is 158 Å². The molecule has 0 atom stereocenters. The number of nitrogens with zero attached hydrogens (tertiary/aromatic N) is 3. The van der Waals surface area contributed by atoms with Crippen molar-refractivity contribution in [3.05, 3.63) is 0 Å². The Labute approximate surface area is 478 Å². The second kappa shape index (κ2) is 66.7. The molecule has 6 N–H and O–H groups in total. The Morgan fingerprint density at radius 3 is 0.662 bits per heavy atom.